The number of benzene rings is 2. The van der Waals surface area contributed by atoms with E-state index >= 15 is 0 Å². The highest BCUT2D eigenvalue weighted by Crippen LogP contribution is 2.32. The number of nitrogens with zero attached hydrogens (tertiary/aromatic N) is 1. The van der Waals surface area contributed by atoms with E-state index < -0.39 is 10.1 Å². The molecule has 0 fully saturated rings. The molecule has 2 rings (SSSR count). The minimum absolute atomic E-state index is 0.0105. The number of hydrogen-bond acceptors (Lipinski definition) is 7. The Kier molecular flexibility index (Phi) is 9.13. The first-order chi connectivity index (χ1) is 15.5. The predicted octanol–water partition coefficient (Wildman–Crippen LogP) is 3.88. The highest BCUT2D eigenvalue weighted by molar-refractivity contribution is 7.87. The van der Waals surface area contributed by atoms with Crippen molar-refractivity contribution in [1.82, 2.24) is 4.90 Å². The Balaban J connectivity index is 2.30. The summed E-state index contributed by atoms with van der Waals surface area (Å²) in [5, 5.41) is 0. The molecule has 0 aromatic heterocycles. The largest absolute Gasteiger partial charge is 0.497 e. The molecule has 8 nitrogen and oxygen atoms in total. The van der Waals surface area contributed by atoms with Gasteiger partial charge in [-0.1, -0.05) is 26.8 Å². The van der Waals surface area contributed by atoms with E-state index in [0.29, 0.717) is 30.9 Å². The number of rotatable bonds is 11. The van der Waals surface area contributed by atoms with Crippen molar-refractivity contribution in [2.24, 2.45) is 5.41 Å². The molecule has 0 aliphatic carbocycles. The Morgan fingerprint density at radius 3 is 2.15 bits per heavy atom. The molecule has 2 aromatic carbocycles. The first-order valence-corrected chi connectivity index (χ1v) is 11.9. The molecule has 0 spiro atoms. The van der Waals surface area contributed by atoms with E-state index in [1.54, 1.807) is 42.3 Å². The zero-order valence-corrected chi connectivity index (χ0v) is 20.9. The quantitative estimate of drug-likeness (QED) is 0.452. The number of methoxy groups -OCH3 is 3. The van der Waals surface area contributed by atoms with Crippen molar-refractivity contribution in [3.63, 3.8) is 0 Å². The third-order valence-electron chi connectivity index (χ3n) is 4.75. The summed E-state index contributed by atoms with van der Waals surface area (Å²) >= 11 is 0. The molecule has 0 unspecified atom stereocenters. The maximum atomic E-state index is 12.9. The van der Waals surface area contributed by atoms with E-state index in [0.717, 1.165) is 0 Å². The van der Waals surface area contributed by atoms with E-state index in [1.165, 1.54) is 26.4 Å². The second-order valence-electron chi connectivity index (χ2n) is 8.74. The highest BCUT2D eigenvalue weighted by Gasteiger charge is 2.23. The fraction of sp³-hybridized carbons (Fsp3) is 0.458. The van der Waals surface area contributed by atoms with Crippen molar-refractivity contribution in [1.29, 1.82) is 0 Å². The smallest absolute Gasteiger partial charge is 0.339 e. The van der Waals surface area contributed by atoms with Gasteiger partial charge in [0.15, 0.2) is 11.5 Å². The number of hydrogen-bond donors (Lipinski definition) is 0. The topological polar surface area (TPSA) is 91.4 Å². The van der Waals surface area contributed by atoms with Gasteiger partial charge in [-0.15, -0.1) is 0 Å². The summed E-state index contributed by atoms with van der Waals surface area (Å²) in [6.45, 7) is 7.09. The molecule has 182 valence electrons. The summed E-state index contributed by atoms with van der Waals surface area (Å²) in [5.41, 5.74) is 0.539. The van der Waals surface area contributed by atoms with E-state index in [1.807, 2.05) is 20.8 Å². The Hall–Kier alpha value is -2.78. The van der Waals surface area contributed by atoms with Crippen LogP contribution in [0.15, 0.2) is 47.4 Å². The molecule has 2 aromatic rings. The van der Waals surface area contributed by atoms with Crippen LogP contribution < -0.4 is 13.7 Å². The standard InChI is InChI=1S/C24H33NO7S/c1-24(2,3)16-23(26)25(13-14-29-4)17-18-7-12-21(31-6)22(15-18)32-33(27,28)20-10-8-19(30-5)9-11-20/h7-12,15H,13-14,16-17H2,1-6H3. The van der Waals surface area contributed by atoms with Crippen LogP contribution >= 0.6 is 0 Å². The lowest BCUT2D eigenvalue weighted by molar-refractivity contribution is -0.134. The Bertz CT molecular complexity index is 1030. The molecule has 0 N–H and O–H groups in total. The second-order valence-corrected chi connectivity index (χ2v) is 10.3. The van der Waals surface area contributed by atoms with Gasteiger partial charge < -0.3 is 23.3 Å². The zero-order valence-electron chi connectivity index (χ0n) is 20.1. The van der Waals surface area contributed by atoms with Gasteiger partial charge in [0.2, 0.25) is 5.91 Å². The lowest BCUT2D eigenvalue weighted by Gasteiger charge is -2.27. The predicted molar refractivity (Wildman–Crippen MR) is 125 cm³/mol. The highest BCUT2D eigenvalue weighted by atomic mass is 32.2. The van der Waals surface area contributed by atoms with Crippen molar-refractivity contribution in [3.8, 4) is 17.2 Å². The van der Waals surface area contributed by atoms with Gasteiger partial charge in [-0.05, 0) is 47.4 Å². The SMILES string of the molecule is COCCN(Cc1ccc(OC)c(OS(=O)(=O)c2ccc(OC)cc2)c1)C(=O)CC(C)(C)C. The maximum absolute atomic E-state index is 12.9. The first-order valence-electron chi connectivity index (χ1n) is 10.5. The number of amides is 1. The lowest BCUT2D eigenvalue weighted by Crippen LogP contribution is -2.35. The maximum Gasteiger partial charge on any atom is 0.339 e. The van der Waals surface area contributed by atoms with Crippen LogP contribution in [-0.4, -0.2) is 53.7 Å². The molecule has 0 heterocycles. The summed E-state index contributed by atoms with van der Waals surface area (Å²) in [4.78, 5) is 14.5. The second kappa shape index (κ2) is 11.4. The van der Waals surface area contributed by atoms with Gasteiger partial charge in [-0.2, -0.15) is 8.42 Å². The summed E-state index contributed by atoms with van der Waals surface area (Å²) in [7, 11) is 0.401. The normalized spacial score (nSPS) is 11.7. The van der Waals surface area contributed by atoms with Gasteiger partial charge in [0.05, 0.1) is 20.8 Å². The molecule has 0 saturated carbocycles. The third-order valence-corrected chi connectivity index (χ3v) is 6.00. The van der Waals surface area contributed by atoms with E-state index in [4.69, 9.17) is 18.4 Å². The Morgan fingerprint density at radius 1 is 0.939 bits per heavy atom. The summed E-state index contributed by atoms with van der Waals surface area (Å²) in [6.07, 6.45) is 0.377. The van der Waals surface area contributed by atoms with E-state index in [9.17, 15) is 13.2 Å². The van der Waals surface area contributed by atoms with Crippen LogP contribution in [0.4, 0.5) is 0 Å². The monoisotopic (exact) mass is 479 g/mol. The van der Waals surface area contributed by atoms with Crippen LogP contribution in [0.2, 0.25) is 0 Å². The van der Waals surface area contributed by atoms with E-state index in [-0.39, 0.29) is 34.3 Å². The average molecular weight is 480 g/mol. The Morgan fingerprint density at radius 2 is 1.61 bits per heavy atom. The van der Waals surface area contributed by atoms with Crippen LogP contribution in [0.5, 0.6) is 17.2 Å². The van der Waals surface area contributed by atoms with Gasteiger partial charge in [-0.3, -0.25) is 4.79 Å². The molecule has 0 atom stereocenters. The number of carbonyl (C=O) groups is 1. The first kappa shape index (κ1) is 26.5. The van der Waals surface area contributed by atoms with Crippen LogP contribution in [0, 0.1) is 5.41 Å². The van der Waals surface area contributed by atoms with Crippen molar-refractivity contribution in [2.75, 3.05) is 34.5 Å². The van der Waals surface area contributed by atoms with Gasteiger partial charge in [-0.25, -0.2) is 0 Å². The summed E-state index contributed by atoms with van der Waals surface area (Å²) in [5.74, 6) is 0.828. The van der Waals surface area contributed by atoms with Crippen molar-refractivity contribution in [2.45, 2.75) is 38.6 Å². The average Bonchev–Trinajstić information content (AvgIpc) is 2.75. The Labute approximate surface area is 196 Å². The van der Waals surface area contributed by atoms with Gasteiger partial charge in [0.1, 0.15) is 10.6 Å². The molecule has 0 aliphatic heterocycles. The number of ether oxygens (including phenoxy) is 3. The molecule has 33 heavy (non-hydrogen) atoms. The molecular weight excluding hydrogens is 446 g/mol. The molecule has 9 heteroatoms. The van der Waals surface area contributed by atoms with Gasteiger partial charge in [0.25, 0.3) is 0 Å². The molecule has 0 aliphatic rings. The molecule has 0 bridgehead atoms. The van der Waals surface area contributed by atoms with Crippen molar-refractivity contribution >= 4 is 16.0 Å². The van der Waals surface area contributed by atoms with Gasteiger partial charge >= 0.3 is 10.1 Å². The molecular formula is C24H33NO7S. The molecule has 1 amide bonds. The minimum Gasteiger partial charge on any atom is -0.497 e. The molecule has 0 saturated heterocycles. The fourth-order valence-electron chi connectivity index (χ4n) is 3.07. The van der Waals surface area contributed by atoms with Crippen LogP contribution in [0.3, 0.4) is 0 Å². The lowest BCUT2D eigenvalue weighted by atomic mass is 9.91. The fourth-order valence-corrected chi connectivity index (χ4v) is 4.00. The van der Waals surface area contributed by atoms with Crippen LogP contribution in [0.25, 0.3) is 0 Å². The zero-order chi connectivity index (χ0) is 24.6. The summed E-state index contributed by atoms with van der Waals surface area (Å²) in [6, 6.07) is 10.9. The van der Waals surface area contributed by atoms with Crippen LogP contribution in [-0.2, 0) is 26.2 Å². The van der Waals surface area contributed by atoms with E-state index in [2.05, 4.69) is 0 Å². The number of carbonyl (C=O) groups excluding carboxylic acids is 1. The van der Waals surface area contributed by atoms with Gasteiger partial charge in [0, 0.05) is 26.6 Å². The molecule has 0 radical (unpaired) electrons. The summed E-state index contributed by atoms with van der Waals surface area (Å²) < 4.78 is 46.5. The minimum atomic E-state index is -4.11. The van der Waals surface area contributed by atoms with Crippen molar-refractivity contribution in [3.05, 3.63) is 48.0 Å². The van der Waals surface area contributed by atoms with Crippen molar-refractivity contribution < 1.29 is 31.6 Å². The van der Waals surface area contributed by atoms with Crippen LogP contribution in [0.1, 0.15) is 32.8 Å². The third kappa shape index (κ3) is 7.94.